The molecule has 0 bridgehead atoms. The molecule has 0 radical (unpaired) electrons. The van der Waals surface area contributed by atoms with Gasteiger partial charge in [0.1, 0.15) is 5.82 Å². The van der Waals surface area contributed by atoms with Crippen LogP contribution in [0.5, 0.6) is 0 Å². The lowest BCUT2D eigenvalue weighted by molar-refractivity contribution is -0.0222. The minimum absolute atomic E-state index is 0.451. The third-order valence-electron chi connectivity index (χ3n) is 4.01. The van der Waals surface area contributed by atoms with E-state index in [4.69, 9.17) is 4.74 Å². The topological polar surface area (TPSA) is 34.1 Å². The lowest BCUT2D eigenvalue weighted by atomic mass is 9.85. The molecule has 106 valence electrons. The van der Waals surface area contributed by atoms with Crippen LogP contribution in [-0.2, 0) is 11.3 Å². The van der Waals surface area contributed by atoms with Gasteiger partial charge in [0.05, 0.1) is 12.7 Å². The molecule has 1 saturated carbocycles. The minimum atomic E-state index is 0.451. The third-order valence-corrected chi connectivity index (χ3v) is 4.01. The summed E-state index contributed by atoms with van der Waals surface area (Å²) in [4.78, 5) is 4.38. The van der Waals surface area contributed by atoms with Gasteiger partial charge in [0.25, 0.3) is 0 Å². The molecule has 0 spiro atoms. The van der Waals surface area contributed by atoms with Crippen LogP contribution in [-0.4, -0.2) is 17.6 Å². The normalized spacial score (nSPS) is 23.3. The van der Waals surface area contributed by atoms with Crippen molar-refractivity contribution in [3.63, 3.8) is 0 Å². The summed E-state index contributed by atoms with van der Waals surface area (Å²) in [5.41, 5.74) is 1.17. The first kappa shape index (κ1) is 14.3. The Kier molecular flexibility index (Phi) is 5.64. The van der Waals surface area contributed by atoms with E-state index in [1.54, 1.807) is 0 Å². The van der Waals surface area contributed by atoms with Crippen LogP contribution in [0.3, 0.4) is 0 Å². The third kappa shape index (κ3) is 4.20. The number of nitrogens with one attached hydrogen (secondary N) is 1. The van der Waals surface area contributed by atoms with Crippen molar-refractivity contribution in [3.05, 3.63) is 23.9 Å². The molecule has 1 heterocycles. The van der Waals surface area contributed by atoms with Gasteiger partial charge in [0.2, 0.25) is 0 Å². The largest absolute Gasteiger partial charge is 0.373 e. The van der Waals surface area contributed by atoms with Gasteiger partial charge < -0.3 is 10.1 Å². The number of nitrogens with zero attached hydrogens (tertiary/aromatic N) is 1. The fourth-order valence-corrected chi connectivity index (χ4v) is 2.86. The molecule has 19 heavy (non-hydrogen) atoms. The molecule has 0 saturated heterocycles. The van der Waals surface area contributed by atoms with Gasteiger partial charge in [-0.2, -0.15) is 0 Å². The van der Waals surface area contributed by atoms with Crippen LogP contribution in [0.1, 0.15) is 51.5 Å². The first-order valence-corrected chi connectivity index (χ1v) is 7.63. The molecule has 1 aromatic heterocycles. The highest BCUT2D eigenvalue weighted by Crippen LogP contribution is 2.29. The van der Waals surface area contributed by atoms with E-state index in [1.807, 2.05) is 12.3 Å². The smallest absolute Gasteiger partial charge is 0.125 e. The average Bonchev–Trinajstić information content (AvgIpc) is 2.47. The highest BCUT2D eigenvalue weighted by Gasteiger charge is 2.24. The minimum Gasteiger partial charge on any atom is -0.373 e. The van der Waals surface area contributed by atoms with Crippen LogP contribution >= 0.6 is 0 Å². The molecule has 1 N–H and O–H groups in total. The molecule has 3 nitrogen and oxygen atoms in total. The van der Waals surface area contributed by atoms with Crippen molar-refractivity contribution in [1.29, 1.82) is 0 Å². The Morgan fingerprint density at radius 2 is 2.11 bits per heavy atom. The maximum absolute atomic E-state index is 6.11. The summed E-state index contributed by atoms with van der Waals surface area (Å²) < 4.78 is 6.11. The van der Waals surface area contributed by atoms with E-state index < -0.39 is 0 Å². The molecule has 3 heteroatoms. The van der Waals surface area contributed by atoms with Crippen molar-refractivity contribution in [2.45, 2.75) is 58.7 Å². The lowest BCUT2D eigenvalue weighted by Crippen LogP contribution is -2.27. The van der Waals surface area contributed by atoms with Gasteiger partial charge in [-0.05, 0) is 37.3 Å². The molecule has 0 aliphatic heterocycles. The van der Waals surface area contributed by atoms with E-state index in [0.29, 0.717) is 12.7 Å². The molecule has 2 unspecified atom stereocenters. The van der Waals surface area contributed by atoms with E-state index in [2.05, 4.69) is 30.2 Å². The summed E-state index contributed by atoms with van der Waals surface area (Å²) in [6.07, 6.45) is 8.85. The van der Waals surface area contributed by atoms with Crippen LogP contribution in [0.15, 0.2) is 18.3 Å². The Morgan fingerprint density at radius 3 is 2.79 bits per heavy atom. The van der Waals surface area contributed by atoms with Gasteiger partial charge >= 0.3 is 0 Å². The second-order valence-electron chi connectivity index (χ2n) is 5.38. The van der Waals surface area contributed by atoms with Crippen LogP contribution in [0.2, 0.25) is 0 Å². The number of pyridine rings is 1. The van der Waals surface area contributed by atoms with Crippen molar-refractivity contribution in [2.24, 2.45) is 5.92 Å². The Hall–Kier alpha value is -1.09. The second kappa shape index (κ2) is 7.49. The SMILES string of the molecule is CCNc1ccc(COC2CCCCC2CC)cn1. The molecule has 1 aliphatic carbocycles. The van der Waals surface area contributed by atoms with E-state index >= 15 is 0 Å². The number of hydrogen-bond acceptors (Lipinski definition) is 3. The number of hydrogen-bond donors (Lipinski definition) is 1. The summed E-state index contributed by atoms with van der Waals surface area (Å²) >= 11 is 0. The average molecular weight is 262 g/mol. The Labute approximate surface area is 116 Å². The van der Waals surface area contributed by atoms with E-state index in [-0.39, 0.29) is 0 Å². The first-order valence-electron chi connectivity index (χ1n) is 7.63. The maximum Gasteiger partial charge on any atom is 0.125 e. The van der Waals surface area contributed by atoms with Gasteiger partial charge in [-0.15, -0.1) is 0 Å². The zero-order chi connectivity index (χ0) is 13.5. The van der Waals surface area contributed by atoms with Crippen molar-refractivity contribution in [1.82, 2.24) is 4.98 Å². The standard InChI is InChI=1S/C16H26N2O/c1-3-14-7-5-6-8-15(14)19-12-13-9-10-16(17-4-2)18-11-13/h9-11,14-15H,3-8,12H2,1-2H3,(H,17,18). The number of anilines is 1. The Morgan fingerprint density at radius 1 is 1.26 bits per heavy atom. The fraction of sp³-hybridized carbons (Fsp3) is 0.688. The maximum atomic E-state index is 6.11. The lowest BCUT2D eigenvalue weighted by Gasteiger charge is -2.30. The molecule has 1 aromatic rings. The second-order valence-corrected chi connectivity index (χ2v) is 5.38. The molecule has 2 atom stereocenters. The molecular formula is C16H26N2O. The molecule has 1 aliphatic rings. The summed E-state index contributed by atoms with van der Waals surface area (Å²) in [5, 5.41) is 3.20. The highest BCUT2D eigenvalue weighted by atomic mass is 16.5. The fourth-order valence-electron chi connectivity index (χ4n) is 2.86. The van der Waals surface area contributed by atoms with Gasteiger partial charge in [-0.3, -0.25) is 0 Å². The predicted molar refractivity (Wildman–Crippen MR) is 79.2 cm³/mol. The highest BCUT2D eigenvalue weighted by molar-refractivity contribution is 5.34. The first-order chi connectivity index (χ1) is 9.33. The van der Waals surface area contributed by atoms with Crippen molar-refractivity contribution in [2.75, 3.05) is 11.9 Å². The summed E-state index contributed by atoms with van der Waals surface area (Å²) in [6.45, 7) is 5.95. The van der Waals surface area contributed by atoms with Gasteiger partial charge in [0, 0.05) is 12.7 Å². The molecular weight excluding hydrogens is 236 g/mol. The molecule has 1 fully saturated rings. The summed E-state index contributed by atoms with van der Waals surface area (Å²) in [6, 6.07) is 4.13. The number of ether oxygens (including phenoxy) is 1. The van der Waals surface area contributed by atoms with Crippen molar-refractivity contribution >= 4 is 5.82 Å². The van der Waals surface area contributed by atoms with E-state index in [1.165, 1.54) is 37.7 Å². The van der Waals surface area contributed by atoms with Crippen LogP contribution in [0.4, 0.5) is 5.82 Å². The van der Waals surface area contributed by atoms with Crippen LogP contribution in [0.25, 0.3) is 0 Å². The van der Waals surface area contributed by atoms with Crippen LogP contribution < -0.4 is 5.32 Å². The molecule has 0 amide bonds. The monoisotopic (exact) mass is 262 g/mol. The number of rotatable bonds is 6. The zero-order valence-electron chi connectivity index (χ0n) is 12.2. The Bertz CT molecular complexity index is 364. The van der Waals surface area contributed by atoms with Crippen LogP contribution in [0, 0.1) is 5.92 Å². The van der Waals surface area contributed by atoms with Gasteiger partial charge in [-0.25, -0.2) is 4.98 Å². The van der Waals surface area contributed by atoms with Gasteiger partial charge in [-0.1, -0.05) is 32.3 Å². The van der Waals surface area contributed by atoms with Crippen molar-refractivity contribution in [3.8, 4) is 0 Å². The summed E-state index contributed by atoms with van der Waals surface area (Å²) in [5.74, 6) is 1.69. The van der Waals surface area contributed by atoms with Gasteiger partial charge in [0.15, 0.2) is 0 Å². The zero-order valence-corrected chi connectivity index (χ0v) is 12.2. The van der Waals surface area contributed by atoms with Crippen molar-refractivity contribution < 1.29 is 4.74 Å². The summed E-state index contributed by atoms with van der Waals surface area (Å²) in [7, 11) is 0. The quantitative estimate of drug-likeness (QED) is 0.841. The van der Waals surface area contributed by atoms with E-state index in [9.17, 15) is 0 Å². The number of aromatic nitrogens is 1. The molecule has 0 aromatic carbocycles. The molecule has 2 rings (SSSR count). The Balaban J connectivity index is 1.83. The predicted octanol–water partition coefficient (Wildman–Crippen LogP) is 4.00. The van der Waals surface area contributed by atoms with E-state index in [0.717, 1.165) is 18.3 Å².